The molecule has 0 heterocycles. The summed E-state index contributed by atoms with van der Waals surface area (Å²) < 4.78 is 0. The van der Waals surface area contributed by atoms with Crippen LogP contribution in [0, 0.1) is 0 Å². The molecular formula is C14H24N2O2. The molecule has 0 radical (unpaired) electrons. The summed E-state index contributed by atoms with van der Waals surface area (Å²) >= 11 is 0. The van der Waals surface area contributed by atoms with Gasteiger partial charge in [-0.05, 0) is 31.9 Å². The van der Waals surface area contributed by atoms with Gasteiger partial charge in [0.25, 0.3) is 0 Å². The number of nitrogens with zero attached hydrogens (tertiary/aromatic N) is 2. The summed E-state index contributed by atoms with van der Waals surface area (Å²) in [5.74, 6) is -0.193. The van der Waals surface area contributed by atoms with Gasteiger partial charge in [0, 0.05) is 26.2 Å². The van der Waals surface area contributed by atoms with Crippen molar-refractivity contribution in [1.82, 2.24) is 9.80 Å². The predicted molar refractivity (Wildman–Crippen MR) is 74.1 cm³/mol. The second-order valence-corrected chi connectivity index (χ2v) is 4.45. The van der Waals surface area contributed by atoms with Crippen LogP contribution < -0.4 is 0 Å². The van der Waals surface area contributed by atoms with Crippen molar-refractivity contribution in [3.8, 4) is 0 Å². The molecule has 0 aromatic heterocycles. The van der Waals surface area contributed by atoms with Crippen LogP contribution in [-0.4, -0.2) is 47.8 Å². The molecule has 0 saturated heterocycles. The third-order valence-electron chi connectivity index (χ3n) is 3.34. The first-order valence-corrected chi connectivity index (χ1v) is 6.17. The van der Waals surface area contributed by atoms with E-state index in [0.29, 0.717) is 0 Å². The largest absolute Gasteiger partial charge is 0.339 e. The maximum absolute atomic E-state index is 11.6. The molecule has 0 aromatic carbocycles. The van der Waals surface area contributed by atoms with Crippen LogP contribution in [0.3, 0.4) is 0 Å². The molecular weight excluding hydrogens is 228 g/mol. The van der Waals surface area contributed by atoms with E-state index in [-0.39, 0.29) is 23.9 Å². The highest BCUT2D eigenvalue weighted by Gasteiger charge is 2.22. The van der Waals surface area contributed by atoms with E-state index in [1.807, 2.05) is 13.8 Å². The molecule has 4 heteroatoms. The first-order chi connectivity index (χ1) is 8.38. The first-order valence-electron chi connectivity index (χ1n) is 6.17. The Morgan fingerprint density at radius 2 is 1.56 bits per heavy atom. The molecule has 0 saturated carbocycles. The van der Waals surface area contributed by atoms with Gasteiger partial charge in [-0.3, -0.25) is 9.59 Å². The van der Waals surface area contributed by atoms with Crippen LogP contribution in [-0.2, 0) is 9.59 Å². The molecule has 0 spiro atoms. The number of carbonyl (C=O) groups is 2. The van der Waals surface area contributed by atoms with Crippen LogP contribution in [0.15, 0.2) is 25.3 Å². The van der Waals surface area contributed by atoms with Gasteiger partial charge in [0.15, 0.2) is 0 Å². The molecule has 0 rings (SSSR count). The maximum Gasteiger partial charge on any atom is 0.245 e. The molecule has 2 unspecified atom stereocenters. The lowest BCUT2D eigenvalue weighted by atomic mass is 10.0. The summed E-state index contributed by atoms with van der Waals surface area (Å²) in [5.41, 5.74) is 0. The van der Waals surface area contributed by atoms with Crippen molar-refractivity contribution in [3.05, 3.63) is 25.3 Å². The van der Waals surface area contributed by atoms with Crippen molar-refractivity contribution < 1.29 is 9.59 Å². The van der Waals surface area contributed by atoms with E-state index < -0.39 is 0 Å². The SMILES string of the molecule is C=CC(=O)N(C)C(C)CC(CC)N(C)C(=O)C=C. The Labute approximate surface area is 110 Å². The molecule has 2 atom stereocenters. The van der Waals surface area contributed by atoms with E-state index >= 15 is 0 Å². The molecule has 0 aliphatic heterocycles. The lowest BCUT2D eigenvalue weighted by Gasteiger charge is -2.32. The lowest BCUT2D eigenvalue weighted by Crippen LogP contribution is -2.42. The number of amides is 2. The van der Waals surface area contributed by atoms with Crippen molar-refractivity contribution in [2.24, 2.45) is 0 Å². The topological polar surface area (TPSA) is 40.6 Å². The third-order valence-corrected chi connectivity index (χ3v) is 3.34. The Morgan fingerprint density at radius 1 is 1.11 bits per heavy atom. The van der Waals surface area contributed by atoms with Gasteiger partial charge in [0.05, 0.1) is 0 Å². The van der Waals surface area contributed by atoms with Gasteiger partial charge < -0.3 is 9.80 Å². The second-order valence-electron chi connectivity index (χ2n) is 4.45. The molecule has 18 heavy (non-hydrogen) atoms. The maximum atomic E-state index is 11.6. The van der Waals surface area contributed by atoms with Crippen LogP contribution in [0.25, 0.3) is 0 Å². The number of likely N-dealkylation sites (N-methyl/N-ethyl adjacent to an activating group) is 2. The molecule has 0 N–H and O–H groups in total. The summed E-state index contributed by atoms with van der Waals surface area (Å²) in [5, 5.41) is 0. The Balaban J connectivity index is 4.62. The Morgan fingerprint density at radius 3 is 1.94 bits per heavy atom. The first kappa shape index (κ1) is 16.4. The van der Waals surface area contributed by atoms with E-state index in [1.54, 1.807) is 23.9 Å². The van der Waals surface area contributed by atoms with Crippen molar-refractivity contribution in [2.75, 3.05) is 14.1 Å². The van der Waals surface area contributed by atoms with Gasteiger partial charge in [-0.15, -0.1) is 0 Å². The number of rotatable bonds is 7. The minimum Gasteiger partial charge on any atom is -0.339 e. The van der Waals surface area contributed by atoms with Gasteiger partial charge >= 0.3 is 0 Å². The normalized spacial score (nSPS) is 13.3. The third kappa shape index (κ3) is 4.35. The standard InChI is InChI=1S/C14H24N2O2/c1-7-12(16(6)14(18)9-3)10-11(4)15(5)13(17)8-2/h8-9,11-12H,2-3,7,10H2,1,4-6H3. The number of hydrogen-bond acceptors (Lipinski definition) is 2. The fourth-order valence-corrected chi connectivity index (χ4v) is 1.84. The highest BCUT2D eigenvalue weighted by Crippen LogP contribution is 2.13. The molecule has 4 nitrogen and oxygen atoms in total. The molecule has 0 aliphatic carbocycles. The Hall–Kier alpha value is -1.58. The Bertz CT molecular complexity index is 326. The van der Waals surface area contributed by atoms with Crippen LogP contribution in [0.1, 0.15) is 26.7 Å². The summed E-state index contributed by atoms with van der Waals surface area (Å²) in [4.78, 5) is 26.4. The van der Waals surface area contributed by atoms with Crippen molar-refractivity contribution in [3.63, 3.8) is 0 Å². The fourth-order valence-electron chi connectivity index (χ4n) is 1.84. The summed E-state index contributed by atoms with van der Waals surface area (Å²) in [6.07, 6.45) is 4.20. The van der Waals surface area contributed by atoms with Gasteiger partial charge in [0.1, 0.15) is 0 Å². The van der Waals surface area contributed by atoms with Gasteiger partial charge in [-0.2, -0.15) is 0 Å². The van der Waals surface area contributed by atoms with E-state index in [4.69, 9.17) is 0 Å². The smallest absolute Gasteiger partial charge is 0.245 e. The lowest BCUT2D eigenvalue weighted by molar-refractivity contribution is -0.128. The number of carbonyl (C=O) groups excluding carboxylic acids is 2. The van der Waals surface area contributed by atoms with Crippen molar-refractivity contribution in [1.29, 1.82) is 0 Å². The van der Waals surface area contributed by atoms with Crippen LogP contribution in [0.4, 0.5) is 0 Å². The zero-order chi connectivity index (χ0) is 14.3. The van der Waals surface area contributed by atoms with Crippen LogP contribution >= 0.6 is 0 Å². The molecule has 0 aliphatic rings. The van der Waals surface area contributed by atoms with E-state index in [0.717, 1.165) is 12.8 Å². The zero-order valence-electron chi connectivity index (χ0n) is 11.8. The van der Waals surface area contributed by atoms with Gasteiger partial charge in [0.2, 0.25) is 11.8 Å². The highest BCUT2D eigenvalue weighted by molar-refractivity contribution is 5.87. The molecule has 102 valence electrons. The van der Waals surface area contributed by atoms with Crippen LogP contribution in [0.5, 0.6) is 0 Å². The summed E-state index contributed by atoms with van der Waals surface area (Å²) in [6.45, 7) is 11.0. The molecule has 0 bridgehead atoms. The average molecular weight is 252 g/mol. The van der Waals surface area contributed by atoms with Crippen molar-refractivity contribution in [2.45, 2.75) is 38.8 Å². The monoisotopic (exact) mass is 252 g/mol. The average Bonchev–Trinajstić information content (AvgIpc) is 2.40. The summed E-state index contributed by atoms with van der Waals surface area (Å²) in [7, 11) is 3.51. The van der Waals surface area contributed by atoms with Gasteiger partial charge in [-0.1, -0.05) is 20.1 Å². The summed E-state index contributed by atoms with van der Waals surface area (Å²) in [6, 6.07) is 0.158. The minimum atomic E-state index is -0.102. The van der Waals surface area contributed by atoms with E-state index in [2.05, 4.69) is 13.2 Å². The van der Waals surface area contributed by atoms with Crippen LogP contribution in [0.2, 0.25) is 0 Å². The molecule has 0 fully saturated rings. The van der Waals surface area contributed by atoms with Gasteiger partial charge in [-0.25, -0.2) is 0 Å². The molecule has 0 aromatic rings. The zero-order valence-corrected chi connectivity index (χ0v) is 11.8. The minimum absolute atomic E-state index is 0.0560. The second kappa shape index (κ2) is 7.69. The predicted octanol–water partition coefficient (Wildman–Crippen LogP) is 1.83. The van der Waals surface area contributed by atoms with E-state index in [1.165, 1.54) is 12.2 Å². The fraction of sp³-hybridized carbons (Fsp3) is 0.571. The molecule has 2 amide bonds. The highest BCUT2D eigenvalue weighted by atomic mass is 16.2. The quantitative estimate of drug-likeness (QED) is 0.649. The Kier molecular flexibility index (Phi) is 7.01. The van der Waals surface area contributed by atoms with Crippen molar-refractivity contribution >= 4 is 11.8 Å². The number of hydrogen-bond donors (Lipinski definition) is 0. The van der Waals surface area contributed by atoms with E-state index in [9.17, 15) is 9.59 Å².